The van der Waals surface area contributed by atoms with E-state index in [0.29, 0.717) is 24.1 Å². The number of aliphatic hydroxyl groups is 3. The van der Waals surface area contributed by atoms with Crippen LogP contribution in [-0.2, 0) is 6.42 Å². The summed E-state index contributed by atoms with van der Waals surface area (Å²) in [6.45, 7) is 1.74. The average molecular weight is 431 g/mol. The van der Waals surface area contributed by atoms with Crippen molar-refractivity contribution in [2.45, 2.75) is 75.6 Å². The molecule has 1 aromatic rings. The molecule has 7 heteroatoms. The first kappa shape index (κ1) is 23.4. The van der Waals surface area contributed by atoms with Crippen LogP contribution in [-0.4, -0.2) is 50.1 Å². The molecule has 1 aromatic heterocycles. The molecule has 0 aromatic carbocycles. The number of aryl methyl sites for hydroxylation is 1. The number of carbonyl (C=O) groups is 1. The van der Waals surface area contributed by atoms with Crippen molar-refractivity contribution in [1.29, 1.82) is 0 Å². The summed E-state index contributed by atoms with van der Waals surface area (Å²) < 4.78 is 0. The van der Waals surface area contributed by atoms with Gasteiger partial charge in [-0.1, -0.05) is 12.2 Å². The number of halogens is 1. The highest BCUT2D eigenvalue weighted by atomic mass is 35.5. The number of hydrogen-bond acceptors (Lipinski definition) is 5. The molecule has 1 fully saturated rings. The highest BCUT2D eigenvalue weighted by Crippen LogP contribution is 2.40. The topological polar surface area (TPSA) is 98.0 Å². The van der Waals surface area contributed by atoms with Gasteiger partial charge in [0, 0.05) is 16.2 Å². The molecule has 5 nitrogen and oxygen atoms in total. The monoisotopic (exact) mass is 430 g/mol. The maximum absolute atomic E-state index is 11.0. The van der Waals surface area contributed by atoms with E-state index in [-0.39, 0.29) is 23.3 Å². The molecule has 2 rings (SSSR count). The maximum Gasteiger partial charge on any atom is 0.345 e. The van der Waals surface area contributed by atoms with Crippen LogP contribution >= 0.6 is 22.9 Å². The zero-order valence-corrected chi connectivity index (χ0v) is 17.8. The molecule has 0 spiro atoms. The molecule has 1 aliphatic carbocycles. The number of carboxylic acid groups (broad SMARTS) is 1. The Morgan fingerprint density at radius 1 is 1.32 bits per heavy atom. The second-order valence-electron chi connectivity index (χ2n) is 7.76. The molecule has 158 valence electrons. The van der Waals surface area contributed by atoms with Crippen LogP contribution < -0.4 is 0 Å². The van der Waals surface area contributed by atoms with Crippen LogP contribution in [0.1, 0.15) is 60.0 Å². The molecule has 0 unspecified atom stereocenters. The summed E-state index contributed by atoms with van der Waals surface area (Å²) in [5, 5.41) is 38.6. The number of thiophene rings is 1. The van der Waals surface area contributed by atoms with Crippen molar-refractivity contribution >= 4 is 28.9 Å². The van der Waals surface area contributed by atoms with Gasteiger partial charge in [-0.15, -0.1) is 22.9 Å². The first-order valence-electron chi connectivity index (χ1n) is 9.96. The normalized spacial score (nSPS) is 27.3. The number of hydrogen-bond donors (Lipinski definition) is 4. The van der Waals surface area contributed by atoms with Gasteiger partial charge in [0.05, 0.1) is 18.3 Å². The fourth-order valence-corrected chi connectivity index (χ4v) is 5.21. The van der Waals surface area contributed by atoms with E-state index >= 15 is 0 Å². The van der Waals surface area contributed by atoms with Crippen molar-refractivity contribution in [3.8, 4) is 0 Å². The van der Waals surface area contributed by atoms with Crippen LogP contribution in [0.3, 0.4) is 0 Å². The molecular weight excluding hydrogens is 400 g/mol. The standard InChI is InChI=1S/C21H31ClO5S/c1-13(23)4-2-5-14(24)8-10-17-16(18(22)12-19(17)25)7-3-6-15-9-11-20(28-15)21(26)27/h8-11,13-14,16-19,23-25H,2-7,12H2,1H3,(H,26,27)/b10-8+/t13-,14+,16-,17-,18-,19-/m1/s1. The van der Waals surface area contributed by atoms with E-state index in [1.54, 1.807) is 19.1 Å². The molecule has 1 heterocycles. The van der Waals surface area contributed by atoms with Crippen LogP contribution in [0, 0.1) is 11.8 Å². The smallest absolute Gasteiger partial charge is 0.345 e. The average Bonchev–Trinajstić information content (AvgIpc) is 3.18. The predicted molar refractivity (Wildman–Crippen MR) is 112 cm³/mol. The number of aromatic carboxylic acids is 1. The van der Waals surface area contributed by atoms with Crippen molar-refractivity contribution in [2.75, 3.05) is 0 Å². The molecule has 0 aliphatic heterocycles. The molecule has 28 heavy (non-hydrogen) atoms. The Morgan fingerprint density at radius 3 is 2.71 bits per heavy atom. The van der Waals surface area contributed by atoms with Gasteiger partial charge >= 0.3 is 5.97 Å². The van der Waals surface area contributed by atoms with Gasteiger partial charge in [-0.3, -0.25) is 0 Å². The van der Waals surface area contributed by atoms with Crippen LogP contribution in [0.5, 0.6) is 0 Å². The molecule has 6 atom stereocenters. The Hall–Kier alpha value is -0.920. The number of carboxylic acids is 1. The Labute approximate surface area is 175 Å². The van der Waals surface area contributed by atoms with Gasteiger partial charge in [0.1, 0.15) is 4.88 Å². The van der Waals surface area contributed by atoms with Crippen molar-refractivity contribution < 1.29 is 25.2 Å². The van der Waals surface area contributed by atoms with E-state index in [9.17, 15) is 20.1 Å². The summed E-state index contributed by atoms with van der Waals surface area (Å²) >= 11 is 7.77. The summed E-state index contributed by atoms with van der Waals surface area (Å²) in [6, 6.07) is 3.49. The summed E-state index contributed by atoms with van der Waals surface area (Å²) in [6.07, 6.45) is 7.26. The molecule has 0 saturated heterocycles. The van der Waals surface area contributed by atoms with Crippen LogP contribution in [0.2, 0.25) is 0 Å². The minimum Gasteiger partial charge on any atom is -0.477 e. The van der Waals surface area contributed by atoms with Gasteiger partial charge in [-0.25, -0.2) is 4.79 Å². The minimum atomic E-state index is -0.895. The quantitative estimate of drug-likeness (QED) is 0.316. The van der Waals surface area contributed by atoms with Crippen molar-refractivity contribution in [3.05, 3.63) is 34.0 Å². The van der Waals surface area contributed by atoms with E-state index in [1.165, 1.54) is 11.3 Å². The Kier molecular flexibility index (Phi) is 9.44. The minimum absolute atomic E-state index is 0.0770. The lowest BCUT2D eigenvalue weighted by atomic mass is 9.89. The molecule has 0 bridgehead atoms. The third kappa shape index (κ3) is 7.16. The first-order chi connectivity index (χ1) is 13.3. The van der Waals surface area contributed by atoms with Gasteiger partial charge in [-0.2, -0.15) is 0 Å². The lowest BCUT2D eigenvalue weighted by Crippen LogP contribution is -2.19. The Morgan fingerprint density at radius 2 is 2.07 bits per heavy atom. The van der Waals surface area contributed by atoms with Gasteiger partial charge in [0.15, 0.2) is 0 Å². The van der Waals surface area contributed by atoms with Gasteiger partial charge in [-0.05, 0) is 69.9 Å². The van der Waals surface area contributed by atoms with Crippen molar-refractivity contribution in [3.63, 3.8) is 0 Å². The van der Waals surface area contributed by atoms with Crippen LogP contribution in [0.15, 0.2) is 24.3 Å². The number of rotatable bonds is 11. The fraction of sp³-hybridized carbons (Fsp3) is 0.667. The van der Waals surface area contributed by atoms with Crippen molar-refractivity contribution in [1.82, 2.24) is 0 Å². The molecular formula is C21H31ClO5S. The predicted octanol–water partition coefficient (Wildman–Crippen LogP) is 3.84. The summed E-state index contributed by atoms with van der Waals surface area (Å²) in [4.78, 5) is 12.4. The maximum atomic E-state index is 11.0. The molecule has 0 radical (unpaired) electrons. The second kappa shape index (κ2) is 11.3. The van der Waals surface area contributed by atoms with E-state index in [4.69, 9.17) is 16.7 Å². The van der Waals surface area contributed by atoms with E-state index in [1.807, 2.05) is 12.1 Å². The van der Waals surface area contributed by atoms with E-state index < -0.39 is 18.2 Å². The lowest BCUT2D eigenvalue weighted by Gasteiger charge is -2.21. The largest absolute Gasteiger partial charge is 0.477 e. The van der Waals surface area contributed by atoms with Crippen LogP contribution in [0.25, 0.3) is 0 Å². The van der Waals surface area contributed by atoms with Gasteiger partial charge in [0.25, 0.3) is 0 Å². The highest BCUT2D eigenvalue weighted by Gasteiger charge is 2.39. The summed E-state index contributed by atoms with van der Waals surface area (Å²) in [5.74, 6) is -0.837. The third-order valence-electron chi connectivity index (χ3n) is 5.38. The third-order valence-corrected chi connectivity index (χ3v) is 7.02. The van der Waals surface area contributed by atoms with E-state index in [0.717, 1.165) is 30.6 Å². The first-order valence-corrected chi connectivity index (χ1v) is 11.2. The second-order valence-corrected chi connectivity index (χ2v) is 9.48. The van der Waals surface area contributed by atoms with Gasteiger partial charge in [0.2, 0.25) is 0 Å². The Bertz CT molecular complexity index is 644. The molecule has 4 N–H and O–H groups in total. The van der Waals surface area contributed by atoms with E-state index in [2.05, 4.69) is 0 Å². The highest BCUT2D eigenvalue weighted by molar-refractivity contribution is 7.13. The number of alkyl halides is 1. The molecule has 0 amide bonds. The zero-order chi connectivity index (χ0) is 20.7. The lowest BCUT2D eigenvalue weighted by molar-refractivity contribution is 0.0702. The van der Waals surface area contributed by atoms with Gasteiger partial charge < -0.3 is 20.4 Å². The zero-order valence-electron chi connectivity index (χ0n) is 16.2. The molecule has 1 aliphatic rings. The molecule has 1 saturated carbocycles. The van der Waals surface area contributed by atoms with Crippen molar-refractivity contribution in [2.24, 2.45) is 11.8 Å². The number of aliphatic hydroxyl groups excluding tert-OH is 3. The Balaban J connectivity index is 1.84. The van der Waals surface area contributed by atoms with Crippen LogP contribution in [0.4, 0.5) is 0 Å². The summed E-state index contributed by atoms with van der Waals surface area (Å²) in [5.41, 5.74) is 0. The SMILES string of the molecule is C[C@@H](O)CCC[C@H](O)/C=C/[C@@H]1[C@@H](CCCc2ccc(C(=O)O)s2)[C@H](Cl)C[C@H]1O. The summed E-state index contributed by atoms with van der Waals surface area (Å²) in [7, 11) is 0. The fourth-order valence-electron chi connectivity index (χ4n) is 3.85.